The van der Waals surface area contributed by atoms with Crippen LogP contribution in [0.15, 0.2) is 47.8 Å². The summed E-state index contributed by atoms with van der Waals surface area (Å²) in [7, 11) is 3.71. The minimum atomic E-state index is -0.780. The van der Waals surface area contributed by atoms with E-state index in [2.05, 4.69) is 0 Å². The van der Waals surface area contributed by atoms with Crippen LogP contribution in [0, 0.1) is 9.39 Å². The minimum Gasteiger partial charge on any atom is -0.492 e. The molecule has 0 fully saturated rings. The molecule has 0 amide bonds. The number of ether oxygens (including phenoxy) is 3. The van der Waals surface area contributed by atoms with Crippen molar-refractivity contribution in [1.82, 2.24) is 0 Å². The predicted octanol–water partition coefficient (Wildman–Crippen LogP) is 2.93. The average molecular weight is 459 g/mol. The van der Waals surface area contributed by atoms with Gasteiger partial charge in [0.05, 0.1) is 36.2 Å². The first kappa shape index (κ1) is 19.0. The maximum atomic E-state index is 14.4. The second-order valence-corrected chi connectivity index (χ2v) is 5.89. The number of benzene rings is 1. The number of hydrogen-bond donors (Lipinski definition) is 0. The lowest BCUT2D eigenvalue weighted by Crippen LogP contribution is -2.27. The van der Waals surface area contributed by atoms with Crippen LogP contribution in [-0.4, -0.2) is 33.3 Å². The van der Waals surface area contributed by atoms with Crippen molar-refractivity contribution in [3.8, 4) is 5.75 Å². The molecular weight excluding hydrogens is 444 g/mol. The molecule has 1 aromatic rings. The van der Waals surface area contributed by atoms with Crippen LogP contribution >= 0.6 is 22.6 Å². The first-order chi connectivity index (χ1) is 12.0. The number of hydrogen-bond acceptors (Lipinski definition) is 6. The third-order valence-corrected chi connectivity index (χ3v) is 4.22. The topological polar surface area (TPSA) is 65.1 Å². The lowest BCUT2D eigenvalue weighted by atomic mass is 10.1. The maximum Gasteiger partial charge on any atom is 0.355 e. The quantitative estimate of drug-likeness (QED) is 0.510. The van der Waals surface area contributed by atoms with Gasteiger partial charge < -0.3 is 19.1 Å². The van der Waals surface area contributed by atoms with Gasteiger partial charge in [0.1, 0.15) is 5.70 Å². The molecule has 0 saturated heterocycles. The molecule has 0 bridgehead atoms. The Morgan fingerprint density at radius 3 is 2.36 bits per heavy atom. The Balaban J connectivity index is 2.76. The number of esters is 2. The van der Waals surface area contributed by atoms with Crippen molar-refractivity contribution in [3.63, 3.8) is 0 Å². The Labute approximate surface area is 157 Å². The number of allylic oxidation sites excluding steroid dienone is 2. The number of nitrogens with zero attached hydrogens (tertiary/aromatic N) is 1. The molecule has 1 aromatic carbocycles. The first-order valence-corrected chi connectivity index (χ1v) is 8.11. The first-order valence-electron chi connectivity index (χ1n) is 7.03. The Morgan fingerprint density at radius 2 is 1.76 bits per heavy atom. The maximum absolute atomic E-state index is 14.4. The smallest absolute Gasteiger partial charge is 0.355 e. The molecule has 6 nitrogen and oxygen atoms in total. The summed E-state index contributed by atoms with van der Waals surface area (Å²) < 4.78 is 29.5. The third-order valence-electron chi connectivity index (χ3n) is 3.38. The molecule has 2 rings (SSSR count). The fraction of sp³-hybridized carbons (Fsp3) is 0.176. The molecule has 1 aliphatic heterocycles. The summed E-state index contributed by atoms with van der Waals surface area (Å²) in [5.41, 5.74) is 0.0980. The van der Waals surface area contributed by atoms with Gasteiger partial charge in [-0.25, -0.2) is 14.0 Å². The van der Waals surface area contributed by atoms with E-state index in [0.717, 1.165) is 0 Å². The summed E-state index contributed by atoms with van der Waals surface area (Å²) in [6, 6.07) is 3.11. The highest BCUT2D eigenvalue weighted by molar-refractivity contribution is 14.1. The summed E-state index contributed by atoms with van der Waals surface area (Å²) >= 11 is 1.83. The summed E-state index contributed by atoms with van der Waals surface area (Å²) in [4.78, 5) is 25.8. The van der Waals surface area contributed by atoms with Gasteiger partial charge in [-0.2, -0.15) is 0 Å². The van der Waals surface area contributed by atoms with Crippen LogP contribution in [0.3, 0.4) is 0 Å². The van der Waals surface area contributed by atoms with E-state index in [-0.39, 0.29) is 22.7 Å². The standard InChI is InChI=1S/C17H15FINO5/c1-23-15-12(8-7-11(19)13(15)18)20-9-5-4-6-10(16(21)24-2)14(20)17(22)25-3/h4-9H,1-3H3. The zero-order valence-electron chi connectivity index (χ0n) is 13.7. The Bertz CT molecular complexity index is 800. The normalized spacial score (nSPS) is 13.6. The summed E-state index contributed by atoms with van der Waals surface area (Å²) in [5.74, 6) is -2.15. The highest BCUT2D eigenvalue weighted by Gasteiger charge is 2.30. The molecule has 0 aliphatic carbocycles. The van der Waals surface area contributed by atoms with Crippen molar-refractivity contribution >= 4 is 40.2 Å². The third kappa shape index (κ3) is 3.68. The molecular formula is C17H15FINO5. The second-order valence-electron chi connectivity index (χ2n) is 4.73. The largest absolute Gasteiger partial charge is 0.492 e. The van der Waals surface area contributed by atoms with Crippen LogP contribution in [0.1, 0.15) is 0 Å². The molecule has 0 aromatic heterocycles. The van der Waals surface area contributed by atoms with Crippen molar-refractivity contribution < 1.29 is 28.2 Å². The van der Waals surface area contributed by atoms with Gasteiger partial charge in [0.15, 0.2) is 11.6 Å². The van der Waals surface area contributed by atoms with Crippen molar-refractivity contribution in [2.45, 2.75) is 0 Å². The summed E-state index contributed by atoms with van der Waals surface area (Å²) in [6.45, 7) is 0. The zero-order valence-corrected chi connectivity index (χ0v) is 15.9. The molecule has 0 N–H and O–H groups in total. The van der Waals surface area contributed by atoms with Crippen molar-refractivity contribution in [3.05, 3.63) is 57.2 Å². The molecule has 0 unspecified atom stereocenters. The van der Waals surface area contributed by atoms with E-state index in [4.69, 9.17) is 14.2 Å². The van der Waals surface area contributed by atoms with Crippen LogP contribution in [0.25, 0.3) is 0 Å². The number of carbonyl (C=O) groups is 2. The van der Waals surface area contributed by atoms with E-state index < -0.39 is 17.8 Å². The van der Waals surface area contributed by atoms with E-state index in [0.29, 0.717) is 3.57 Å². The molecule has 0 radical (unpaired) electrons. The molecule has 0 saturated carbocycles. The number of halogens is 2. The van der Waals surface area contributed by atoms with Gasteiger partial charge in [0.2, 0.25) is 0 Å². The van der Waals surface area contributed by atoms with Gasteiger partial charge in [-0.1, -0.05) is 6.08 Å². The number of anilines is 1. The fourth-order valence-corrected chi connectivity index (χ4v) is 2.68. The molecule has 0 spiro atoms. The number of rotatable bonds is 4. The van der Waals surface area contributed by atoms with Gasteiger partial charge >= 0.3 is 11.9 Å². The van der Waals surface area contributed by atoms with Gasteiger partial charge in [0.25, 0.3) is 0 Å². The fourth-order valence-electron chi connectivity index (χ4n) is 2.26. The van der Waals surface area contributed by atoms with Crippen LogP contribution in [0.2, 0.25) is 0 Å². The van der Waals surface area contributed by atoms with Gasteiger partial charge in [-0.05, 0) is 46.9 Å². The molecule has 8 heteroatoms. The molecule has 1 heterocycles. The highest BCUT2D eigenvalue weighted by Crippen LogP contribution is 2.37. The second kappa shape index (κ2) is 8.15. The van der Waals surface area contributed by atoms with E-state index in [1.165, 1.54) is 44.6 Å². The van der Waals surface area contributed by atoms with Crippen LogP contribution in [0.4, 0.5) is 10.1 Å². The van der Waals surface area contributed by atoms with Gasteiger partial charge in [-0.3, -0.25) is 0 Å². The SMILES string of the molecule is COC(=O)C1=C(C(=O)OC)N(c2ccc(I)c(F)c2OC)C=CC=C1. The Kier molecular flexibility index (Phi) is 6.18. The van der Waals surface area contributed by atoms with E-state index in [1.54, 1.807) is 18.2 Å². The molecule has 132 valence electrons. The van der Waals surface area contributed by atoms with Crippen molar-refractivity contribution in [2.24, 2.45) is 0 Å². The Morgan fingerprint density at radius 1 is 1.08 bits per heavy atom. The lowest BCUT2D eigenvalue weighted by molar-refractivity contribution is -0.139. The number of carbonyl (C=O) groups excluding carboxylic acids is 2. The van der Waals surface area contributed by atoms with Crippen molar-refractivity contribution in [1.29, 1.82) is 0 Å². The van der Waals surface area contributed by atoms with E-state index in [9.17, 15) is 14.0 Å². The minimum absolute atomic E-state index is 0.0274. The molecule has 0 atom stereocenters. The highest BCUT2D eigenvalue weighted by atomic mass is 127. The van der Waals surface area contributed by atoms with Crippen LogP contribution < -0.4 is 9.64 Å². The van der Waals surface area contributed by atoms with Gasteiger partial charge in [0, 0.05) is 6.20 Å². The predicted molar refractivity (Wildman–Crippen MR) is 97.5 cm³/mol. The summed E-state index contributed by atoms with van der Waals surface area (Å²) in [5, 5.41) is 0. The lowest BCUT2D eigenvalue weighted by Gasteiger charge is -2.25. The molecule has 25 heavy (non-hydrogen) atoms. The Hall–Kier alpha value is -2.36. The van der Waals surface area contributed by atoms with E-state index >= 15 is 0 Å². The van der Waals surface area contributed by atoms with Crippen LogP contribution in [0.5, 0.6) is 5.75 Å². The van der Waals surface area contributed by atoms with E-state index in [1.807, 2.05) is 22.6 Å². The van der Waals surface area contributed by atoms with Crippen LogP contribution in [-0.2, 0) is 19.1 Å². The average Bonchev–Trinajstić information content (AvgIpc) is 2.85. The summed E-state index contributed by atoms with van der Waals surface area (Å²) in [6.07, 6.45) is 6.08. The number of methoxy groups -OCH3 is 3. The van der Waals surface area contributed by atoms with Crippen molar-refractivity contribution in [2.75, 3.05) is 26.2 Å². The zero-order chi connectivity index (χ0) is 18.6. The monoisotopic (exact) mass is 459 g/mol. The molecule has 1 aliphatic rings. The van der Waals surface area contributed by atoms with Gasteiger partial charge in [-0.15, -0.1) is 0 Å².